The number of rotatable bonds is 11. The lowest BCUT2D eigenvalue weighted by molar-refractivity contribution is -0.157. The van der Waals surface area contributed by atoms with E-state index in [0.717, 1.165) is 25.7 Å². The van der Waals surface area contributed by atoms with Gasteiger partial charge in [-0.3, -0.25) is 0 Å². The molecular formula is C16H30O4. The van der Waals surface area contributed by atoms with Gasteiger partial charge in [0.05, 0.1) is 13.2 Å². The number of carbonyl (C=O) groups is 1. The molecule has 1 aliphatic heterocycles. The van der Waals surface area contributed by atoms with Gasteiger partial charge >= 0.3 is 5.97 Å². The van der Waals surface area contributed by atoms with E-state index in [0.29, 0.717) is 13.2 Å². The van der Waals surface area contributed by atoms with Gasteiger partial charge in [-0.25, -0.2) is 4.79 Å². The molecule has 0 radical (unpaired) electrons. The van der Waals surface area contributed by atoms with Gasteiger partial charge in [0.25, 0.3) is 0 Å². The van der Waals surface area contributed by atoms with E-state index in [2.05, 4.69) is 13.8 Å². The van der Waals surface area contributed by atoms with E-state index in [-0.39, 0.29) is 12.3 Å². The molecule has 0 saturated carbocycles. The first-order valence-electron chi connectivity index (χ1n) is 8.21. The summed E-state index contributed by atoms with van der Waals surface area (Å²) in [5.41, 5.74) is 0. The highest BCUT2D eigenvalue weighted by atomic mass is 16.7. The molecular weight excluding hydrogens is 256 g/mol. The maximum Gasteiger partial charge on any atom is 0.337 e. The van der Waals surface area contributed by atoms with Gasteiger partial charge in [0.2, 0.25) is 0 Å². The van der Waals surface area contributed by atoms with Crippen LogP contribution in [-0.2, 0) is 19.0 Å². The lowest BCUT2D eigenvalue weighted by Gasteiger charge is -2.11. The number of hydrogen-bond acceptors (Lipinski definition) is 4. The standard InChI is InChI=1S/C16H30O4/c1-3-5-7-8-9-10-11-15-19-13-14(20-15)16(17)18-12-6-4-2/h14-15H,3-13H2,1-2H3. The molecule has 20 heavy (non-hydrogen) atoms. The van der Waals surface area contributed by atoms with Gasteiger partial charge in [-0.15, -0.1) is 0 Å². The third kappa shape index (κ3) is 7.25. The summed E-state index contributed by atoms with van der Waals surface area (Å²) in [5, 5.41) is 0. The van der Waals surface area contributed by atoms with Gasteiger partial charge in [0.1, 0.15) is 0 Å². The van der Waals surface area contributed by atoms with Crippen molar-refractivity contribution in [3.8, 4) is 0 Å². The van der Waals surface area contributed by atoms with Crippen molar-refractivity contribution in [2.75, 3.05) is 13.2 Å². The number of unbranched alkanes of at least 4 members (excludes halogenated alkanes) is 6. The van der Waals surface area contributed by atoms with Crippen molar-refractivity contribution in [3.63, 3.8) is 0 Å². The fourth-order valence-electron chi connectivity index (χ4n) is 2.23. The minimum atomic E-state index is -0.517. The fraction of sp³-hybridized carbons (Fsp3) is 0.938. The van der Waals surface area contributed by atoms with Crippen LogP contribution in [0.3, 0.4) is 0 Å². The van der Waals surface area contributed by atoms with Crippen LogP contribution >= 0.6 is 0 Å². The maximum absolute atomic E-state index is 11.7. The van der Waals surface area contributed by atoms with E-state index < -0.39 is 6.10 Å². The zero-order chi connectivity index (χ0) is 14.6. The Bertz CT molecular complexity index is 255. The molecule has 4 heteroatoms. The Labute approximate surface area is 123 Å². The van der Waals surface area contributed by atoms with Crippen LogP contribution in [-0.4, -0.2) is 31.6 Å². The summed E-state index contributed by atoms with van der Waals surface area (Å²) in [6, 6.07) is 0. The highest BCUT2D eigenvalue weighted by molar-refractivity contribution is 5.75. The van der Waals surface area contributed by atoms with Crippen LogP contribution < -0.4 is 0 Å². The molecule has 1 heterocycles. The zero-order valence-electron chi connectivity index (χ0n) is 13.1. The van der Waals surface area contributed by atoms with Gasteiger partial charge in [0, 0.05) is 0 Å². The minimum Gasteiger partial charge on any atom is -0.464 e. The smallest absolute Gasteiger partial charge is 0.337 e. The Morgan fingerprint density at radius 1 is 1.05 bits per heavy atom. The molecule has 0 aromatic rings. The van der Waals surface area contributed by atoms with Crippen LogP contribution in [0.5, 0.6) is 0 Å². The quantitative estimate of drug-likeness (QED) is 0.428. The van der Waals surface area contributed by atoms with E-state index in [4.69, 9.17) is 14.2 Å². The molecule has 2 unspecified atom stereocenters. The average Bonchev–Trinajstić information content (AvgIpc) is 2.92. The van der Waals surface area contributed by atoms with Crippen LogP contribution in [0.1, 0.15) is 71.6 Å². The van der Waals surface area contributed by atoms with E-state index in [1.807, 2.05) is 0 Å². The van der Waals surface area contributed by atoms with Crippen molar-refractivity contribution in [1.82, 2.24) is 0 Å². The van der Waals surface area contributed by atoms with E-state index in [1.54, 1.807) is 0 Å². The second-order valence-electron chi connectivity index (χ2n) is 5.47. The average molecular weight is 286 g/mol. The lowest BCUT2D eigenvalue weighted by Crippen LogP contribution is -2.26. The van der Waals surface area contributed by atoms with Crippen molar-refractivity contribution in [1.29, 1.82) is 0 Å². The monoisotopic (exact) mass is 286 g/mol. The summed E-state index contributed by atoms with van der Waals surface area (Å²) in [7, 11) is 0. The van der Waals surface area contributed by atoms with Crippen LogP contribution in [0.25, 0.3) is 0 Å². The lowest BCUT2D eigenvalue weighted by atomic mass is 10.1. The second-order valence-corrected chi connectivity index (χ2v) is 5.47. The molecule has 0 aromatic carbocycles. The summed E-state index contributed by atoms with van der Waals surface area (Å²) >= 11 is 0. The molecule has 1 fully saturated rings. The normalized spacial score (nSPS) is 22.1. The maximum atomic E-state index is 11.7. The molecule has 4 nitrogen and oxygen atoms in total. The highest BCUT2D eigenvalue weighted by Gasteiger charge is 2.32. The molecule has 0 aromatic heterocycles. The first-order chi connectivity index (χ1) is 9.77. The van der Waals surface area contributed by atoms with Gasteiger partial charge < -0.3 is 14.2 Å². The molecule has 0 bridgehead atoms. The van der Waals surface area contributed by atoms with E-state index in [1.165, 1.54) is 32.1 Å². The van der Waals surface area contributed by atoms with E-state index >= 15 is 0 Å². The van der Waals surface area contributed by atoms with Gasteiger partial charge in [-0.2, -0.15) is 0 Å². The first kappa shape index (κ1) is 17.4. The number of esters is 1. The number of carbonyl (C=O) groups excluding carboxylic acids is 1. The predicted octanol–water partition coefficient (Wildman–Crippen LogP) is 3.82. The summed E-state index contributed by atoms with van der Waals surface area (Å²) in [4.78, 5) is 11.7. The summed E-state index contributed by atoms with van der Waals surface area (Å²) in [6.07, 6.45) is 9.58. The van der Waals surface area contributed by atoms with Crippen LogP contribution in [0.2, 0.25) is 0 Å². The minimum absolute atomic E-state index is 0.218. The molecule has 118 valence electrons. The molecule has 0 N–H and O–H groups in total. The Hall–Kier alpha value is -0.610. The summed E-state index contributed by atoms with van der Waals surface area (Å²) < 4.78 is 16.2. The fourth-order valence-corrected chi connectivity index (χ4v) is 2.23. The van der Waals surface area contributed by atoms with Crippen molar-refractivity contribution in [2.45, 2.75) is 84.0 Å². The predicted molar refractivity (Wildman–Crippen MR) is 78.5 cm³/mol. The Morgan fingerprint density at radius 3 is 2.50 bits per heavy atom. The number of hydrogen-bond donors (Lipinski definition) is 0. The third-order valence-corrected chi connectivity index (χ3v) is 3.55. The van der Waals surface area contributed by atoms with Crippen molar-refractivity contribution in [3.05, 3.63) is 0 Å². The second kappa shape index (κ2) is 11.1. The first-order valence-corrected chi connectivity index (χ1v) is 8.21. The molecule has 2 atom stereocenters. The molecule has 0 amide bonds. The highest BCUT2D eigenvalue weighted by Crippen LogP contribution is 2.19. The largest absolute Gasteiger partial charge is 0.464 e. The zero-order valence-corrected chi connectivity index (χ0v) is 13.1. The van der Waals surface area contributed by atoms with Crippen LogP contribution in [0.15, 0.2) is 0 Å². The Balaban J connectivity index is 2.03. The van der Waals surface area contributed by atoms with Crippen LogP contribution in [0.4, 0.5) is 0 Å². The Morgan fingerprint density at radius 2 is 1.75 bits per heavy atom. The molecule has 1 rings (SSSR count). The Kier molecular flexibility index (Phi) is 9.67. The molecule has 1 aliphatic rings. The summed E-state index contributed by atoms with van der Waals surface area (Å²) in [5.74, 6) is -0.274. The van der Waals surface area contributed by atoms with Gasteiger partial charge in [0.15, 0.2) is 12.4 Å². The molecule has 1 saturated heterocycles. The van der Waals surface area contributed by atoms with Gasteiger partial charge in [-0.05, 0) is 19.3 Å². The van der Waals surface area contributed by atoms with Crippen molar-refractivity contribution >= 4 is 5.97 Å². The van der Waals surface area contributed by atoms with Crippen molar-refractivity contribution < 1.29 is 19.0 Å². The SMILES string of the molecule is CCCCCCCCC1OCC(C(=O)OCCCC)O1. The van der Waals surface area contributed by atoms with E-state index in [9.17, 15) is 4.79 Å². The van der Waals surface area contributed by atoms with Crippen molar-refractivity contribution in [2.24, 2.45) is 0 Å². The van der Waals surface area contributed by atoms with Gasteiger partial charge in [-0.1, -0.05) is 52.4 Å². The van der Waals surface area contributed by atoms with Crippen LogP contribution in [0, 0.1) is 0 Å². The topological polar surface area (TPSA) is 44.8 Å². The number of ether oxygens (including phenoxy) is 3. The molecule has 0 aliphatic carbocycles. The molecule has 0 spiro atoms. The summed E-state index contributed by atoms with van der Waals surface area (Å²) in [6.45, 7) is 5.11. The third-order valence-electron chi connectivity index (χ3n) is 3.55.